The van der Waals surface area contributed by atoms with E-state index in [4.69, 9.17) is 9.47 Å². The van der Waals surface area contributed by atoms with Gasteiger partial charge in [0.05, 0.1) is 11.7 Å². The van der Waals surface area contributed by atoms with Crippen LogP contribution in [0.1, 0.15) is 39.5 Å². The van der Waals surface area contributed by atoms with Crippen LogP contribution in [0.4, 0.5) is 0 Å². The first kappa shape index (κ1) is 15.5. The highest BCUT2D eigenvalue weighted by molar-refractivity contribution is 5.11. The first-order valence-electron chi connectivity index (χ1n) is 8.22. The molecule has 1 aliphatic carbocycles. The van der Waals surface area contributed by atoms with Crippen LogP contribution in [-0.2, 0) is 9.47 Å². The molecule has 4 nitrogen and oxygen atoms in total. The molecule has 1 unspecified atom stereocenters. The minimum absolute atomic E-state index is 0.0518. The van der Waals surface area contributed by atoms with Crippen LogP contribution in [0, 0.1) is 11.8 Å². The van der Waals surface area contributed by atoms with Gasteiger partial charge in [-0.15, -0.1) is 0 Å². The molecule has 0 amide bonds. The van der Waals surface area contributed by atoms with Crippen molar-refractivity contribution in [2.45, 2.75) is 63.6 Å². The highest BCUT2D eigenvalue weighted by Gasteiger charge is 2.61. The van der Waals surface area contributed by atoms with E-state index in [1.807, 2.05) is 0 Å². The average Bonchev–Trinajstić information content (AvgIpc) is 2.97. The molecule has 21 heavy (non-hydrogen) atoms. The zero-order chi connectivity index (χ0) is 15.2. The number of hydrogen-bond donors (Lipinski definition) is 1. The number of nitrogens with zero attached hydrogens (tertiary/aromatic N) is 1. The predicted molar refractivity (Wildman–Crippen MR) is 81.9 cm³/mol. The van der Waals surface area contributed by atoms with Crippen molar-refractivity contribution >= 4 is 0 Å². The molecule has 0 saturated carbocycles. The van der Waals surface area contributed by atoms with Crippen LogP contribution in [0.2, 0.25) is 0 Å². The second-order valence-corrected chi connectivity index (χ2v) is 7.56. The van der Waals surface area contributed by atoms with Crippen molar-refractivity contribution in [2.24, 2.45) is 11.8 Å². The molecule has 2 aliphatic heterocycles. The van der Waals surface area contributed by atoms with Gasteiger partial charge in [0.15, 0.2) is 6.29 Å². The van der Waals surface area contributed by atoms with E-state index in [-0.39, 0.29) is 23.7 Å². The summed E-state index contributed by atoms with van der Waals surface area (Å²) in [6.07, 6.45) is 6.24. The summed E-state index contributed by atoms with van der Waals surface area (Å²) in [6.45, 7) is 5.28. The van der Waals surface area contributed by atoms with Crippen LogP contribution < -0.4 is 0 Å². The van der Waals surface area contributed by atoms with Gasteiger partial charge in [-0.05, 0) is 59.5 Å². The van der Waals surface area contributed by atoms with Gasteiger partial charge in [0.1, 0.15) is 6.10 Å². The second-order valence-electron chi connectivity index (χ2n) is 7.56. The van der Waals surface area contributed by atoms with Gasteiger partial charge in [0, 0.05) is 12.5 Å². The minimum atomic E-state index is -0.652. The number of epoxide rings is 1. The van der Waals surface area contributed by atoms with Crippen LogP contribution in [0.3, 0.4) is 0 Å². The molecular formula is C17H29NO3. The lowest BCUT2D eigenvalue weighted by molar-refractivity contribution is -0.114. The molecule has 120 valence electrons. The summed E-state index contributed by atoms with van der Waals surface area (Å²) in [5, 5.41) is 10.4. The quantitative estimate of drug-likeness (QED) is 0.626. The highest BCUT2D eigenvalue weighted by Crippen LogP contribution is 2.51. The van der Waals surface area contributed by atoms with E-state index in [1.54, 1.807) is 0 Å². The summed E-state index contributed by atoms with van der Waals surface area (Å²) in [7, 11) is 4.12. The van der Waals surface area contributed by atoms with E-state index >= 15 is 0 Å². The van der Waals surface area contributed by atoms with Crippen LogP contribution in [-0.4, -0.2) is 54.7 Å². The normalized spacial score (nSPS) is 49.2. The van der Waals surface area contributed by atoms with Gasteiger partial charge in [-0.25, -0.2) is 0 Å². The molecule has 2 fully saturated rings. The molecule has 0 aromatic carbocycles. The molecule has 2 heterocycles. The molecule has 4 heteroatoms. The molecule has 0 spiro atoms. The number of fused-ring (bicyclic) bond motifs is 3. The lowest BCUT2D eigenvalue weighted by Gasteiger charge is -2.26. The lowest BCUT2D eigenvalue weighted by Crippen LogP contribution is -2.34. The largest absolute Gasteiger partial charge is 0.368 e. The van der Waals surface area contributed by atoms with Crippen molar-refractivity contribution < 1.29 is 14.6 Å². The molecule has 0 bridgehead atoms. The third kappa shape index (κ3) is 3.04. The SMILES string of the molecule is C/C1=C\CC[C@@]2(C)O[C@@H]2[C@H]2OC(O)[C@@H](CN(C)C)[C@@H]2CC1. The van der Waals surface area contributed by atoms with Crippen LogP contribution >= 0.6 is 0 Å². The zero-order valence-electron chi connectivity index (χ0n) is 13.7. The minimum Gasteiger partial charge on any atom is -0.368 e. The van der Waals surface area contributed by atoms with Crippen molar-refractivity contribution in [3.05, 3.63) is 11.6 Å². The Labute approximate surface area is 128 Å². The van der Waals surface area contributed by atoms with Gasteiger partial charge in [-0.2, -0.15) is 0 Å². The molecular weight excluding hydrogens is 266 g/mol. The van der Waals surface area contributed by atoms with Gasteiger partial charge >= 0.3 is 0 Å². The first-order chi connectivity index (χ1) is 9.90. The maximum atomic E-state index is 10.4. The number of ether oxygens (including phenoxy) is 2. The molecule has 0 aromatic rings. The van der Waals surface area contributed by atoms with E-state index in [9.17, 15) is 5.11 Å². The molecule has 6 atom stereocenters. The average molecular weight is 295 g/mol. The summed E-state index contributed by atoms with van der Waals surface area (Å²) in [5.41, 5.74) is 1.41. The molecule has 0 radical (unpaired) electrons. The Morgan fingerprint density at radius 1 is 1.43 bits per heavy atom. The Hall–Kier alpha value is -0.420. The summed E-state index contributed by atoms with van der Waals surface area (Å²) >= 11 is 0. The van der Waals surface area contributed by atoms with Crippen LogP contribution in [0.25, 0.3) is 0 Å². The summed E-state index contributed by atoms with van der Waals surface area (Å²) in [5.74, 6) is 0.571. The first-order valence-corrected chi connectivity index (χ1v) is 8.22. The van der Waals surface area contributed by atoms with Crippen molar-refractivity contribution in [3.8, 4) is 0 Å². The van der Waals surface area contributed by atoms with Crippen molar-refractivity contribution in [1.82, 2.24) is 4.90 Å². The highest BCUT2D eigenvalue weighted by atomic mass is 16.7. The van der Waals surface area contributed by atoms with Gasteiger partial charge in [0.2, 0.25) is 0 Å². The number of allylic oxidation sites excluding steroid dienone is 2. The summed E-state index contributed by atoms with van der Waals surface area (Å²) < 4.78 is 12.0. The molecule has 0 aromatic heterocycles. The monoisotopic (exact) mass is 295 g/mol. The fraction of sp³-hybridized carbons (Fsp3) is 0.882. The Morgan fingerprint density at radius 3 is 2.90 bits per heavy atom. The summed E-state index contributed by atoms with van der Waals surface area (Å²) in [4.78, 5) is 2.15. The van der Waals surface area contributed by atoms with E-state index in [0.29, 0.717) is 5.92 Å². The van der Waals surface area contributed by atoms with Crippen molar-refractivity contribution in [1.29, 1.82) is 0 Å². The van der Waals surface area contributed by atoms with E-state index in [1.165, 1.54) is 5.57 Å². The van der Waals surface area contributed by atoms with Crippen molar-refractivity contribution in [3.63, 3.8) is 0 Å². The number of aliphatic hydroxyl groups is 1. The lowest BCUT2D eigenvalue weighted by atomic mass is 9.80. The predicted octanol–water partition coefficient (Wildman–Crippen LogP) is 2.18. The summed E-state index contributed by atoms with van der Waals surface area (Å²) in [6, 6.07) is 0. The maximum absolute atomic E-state index is 10.4. The van der Waals surface area contributed by atoms with Crippen LogP contribution in [0.5, 0.6) is 0 Å². The molecule has 1 N–H and O–H groups in total. The van der Waals surface area contributed by atoms with Crippen molar-refractivity contribution in [2.75, 3.05) is 20.6 Å². The van der Waals surface area contributed by atoms with Gasteiger partial charge in [0.25, 0.3) is 0 Å². The topological polar surface area (TPSA) is 45.2 Å². The molecule has 3 aliphatic rings. The number of hydrogen-bond acceptors (Lipinski definition) is 4. The standard InChI is InChI=1S/C17H29NO3/c1-11-6-5-9-17(2)15(21-17)14-12(8-7-11)13(10-18(3)4)16(19)20-14/h6,12-16,19H,5,7-10H2,1-4H3/b11-6+/t12-,13-,14-,15+,16?,17+/m0/s1. The van der Waals surface area contributed by atoms with E-state index in [2.05, 4.69) is 38.9 Å². The third-order valence-electron chi connectivity index (χ3n) is 5.46. The number of aliphatic hydroxyl groups excluding tert-OH is 1. The Morgan fingerprint density at radius 2 is 2.19 bits per heavy atom. The fourth-order valence-corrected chi connectivity index (χ4v) is 4.11. The molecule has 3 rings (SSSR count). The van der Waals surface area contributed by atoms with Gasteiger partial charge in [-0.3, -0.25) is 0 Å². The van der Waals surface area contributed by atoms with E-state index < -0.39 is 6.29 Å². The smallest absolute Gasteiger partial charge is 0.159 e. The number of rotatable bonds is 2. The maximum Gasteiger partial charge on any atom is 0.159 e. The Kier molecular flexibility index (Phi) is 4.17. The molecule has 2 saturated heterocycles. The Bertz CT molecular complexity index is 422. The second kappa shape index (κ2) is 5.65. The van der Waals surface area contributed by atoms with E-state index in [0.717, 1.165) is 32.2 Å². The third-order valence-corrected chi connectivity index (χ3v) is 5.46. The zero-order valence-corrected chi connectivity index (χ0v) is 13.7. The van der Waals surface area contributed by atoms with Crippen LogP contribution in [0.15, 0.2) is 11.6 Å². The van der Waals surface area contributed by atoms with Gasteiger partial charge in [-0.1, -0.05) is 11.6 Å². The fourth-order valence-electron chi connectivity index (χ4n) is 4.11. The Balaban J connectivity index is 1.81. The van der Waals surface area contributed by atoms with Gasteiger partial charge < -0.3 is 19.5 Å².